The second kappa shape index (κ2) is 6.51. The zero-order valence-corrected chi connectivity index (χ0v) is 13.2. The number of aliphatic hydroxyl groups is 1. The summed E-state index contributed by atoms with van der Waals surface area (Å²) in [6.45, 7) is 4.27. The van der Waals surface area contributed by atoms with Gasteiger partial charge in [-0.2, -0.15) is 0 Å². The quantitative estimate of drug-likeness (QED) is 0.833. The highest BCUT2D eigenvalue weighted by molar-refractivity contribution is 9.10. The molecule has 0 bridgehead atoms. The molecule has 0 heterocycles. The smallest absolute Gasteiger partial charge is 0.137 e. The van der Waals surface area contributed by atoms with Crippen LogP contribution >= 0.6 is 15.9 Å². The lowest BCUT2D eigenvalue weighted by atomic mass is 9.97. The van der Waals surface area contributed by atoms with E-state index in [9.17, 15) is 9.50 Å². The topological polar surface area (TPSA) is 20.2 Å². The maximum Gasteiger partial charge on any atom is 0.137 e. The van der Waals surface area contributed by atoms with Crippen molar-refractivity contribution in [2.75, 3.05) is 0 Å². The van der Waals surface area contributed by atoms with E-state index >= 15 is 0 Å². The zero-order valence-electron chi connectivity index (χ0n) is 11.6. The average molecular weight is 337 g/mol. The Kier molecular flexibility index (Phi) is 4.95. The molecule has 1 nitrogen and oxygen atoms in total. The third kappa shape index (κ3) is 3.47. The van der Waals surface area contributed by atoms with Gasteiger partial charge in [0, 0.05) is 6.42 Å². The highest BCUT2D eigenvalue weighted by atomic mass is 79.9. The maximum atomic E-state index is 13.4. The van der Waals surface area contributed by atoms with Crippen molar-refractivity contribution in [2.24, 2.45) is 0 Å². The molecule has 1 atom stereocenters. The lowest BCUT2D eigenvalue weighted by Crippen LogP contribution is -2.03. The molecule has 2 aromatic rings. The lowest BCUT2D eigenvalue weighted by Gasteiger charge is -2.14. The van der Waals surface area contributed by atoms with Crippen molar-refractivity contribution in [1.29, 1.82) is 0 Å². The fourth-order valence-electron chi connectivity index (χ4n) is 2.14. The Morgan fingerprint density at radius 2 is 1.65 bits per heavy atom. The molecule has 0 aliphatic carbocycles. The molecule has 20 heavy (non-hydrogen) atoms. The van der Waals surface area contributed by atoms with Gasteiger partial charge < -0.3 is 5.11 Å². The van der Waals surface area contributed by atoms with Crippen molar-refractivity contribution >= 4 is 15.9 Å². The number of hydrogen-bond acceptors (Lipinski definition) is 1. The minimum absolute atomic E-state index is 0.301. The molecule has 0 aliphatic heterocycles. The Bertz CT molecular complexity index is 578. The van der Waals surface area contributed by atoms with Crippen LogP contribution in [-0.2, 0) is 6.42 Å². The van der Waals surface area contributed by atoms with Gasteiger partial charge in [0.1, 0.15) is 5.82 Å². The summed E-state index contributed by atoms with van der Waals surface area (Å²) < 4.78 is 13.9. The van der Waals surface area contributed by atoms with Gasteiger partial charge in [0.2, 0.25) is 0 Å². The summed E-state index contributed by atoms with van der Waals surface area (Å²) in [4.78, 5) is 0. The van der Waals surface area contributed by atoms with E-state index in [2.05, 4.69) is 29.8 Å². The van der Waals surface area contributed by atoms with Gasteiger partial charge in [0.05, 0.1) is 10.6 Å². The molecule has 2 aromatic carbocycles. The second-order valence-electron chi connectivity index (χ2n) is 5.25. The van der Waals surface area contributed by atoms with Crippen LogP contribution in [0.2, 0.25) is 0 Å². The largest absolute Gasteiger partial charge is 0.388 e. The van der Waals surface area contributed by atoms with E-state index in [0.29, 0.717) is 16.8 Å². The Morgan fingerprint density at radius 3 is 2.25 bits per heavy atom. The van der Waals surface area contributed by atoms with Gasteiger partial charge in [-0.05, 0) is 44.6 Å². The third-order valence-electron chi connectivity index (χ3n) is 3.43. The first-order valence-electron chi connectivity index (χ1n) is 6.70. The number of rotatable bonds is 4. The van der Waals surface area contributed by atoms with Crippen molar-refractivity contribution < 1.29 is 9.50 Å². The van der Waals surface area contributed by atoms with E-state index in [1.165, 1.54) is 11.6 Å². The first-order valence-corrected chi connectivity index (χ1v) is 7.49. The van der Waals surface area contributed by atoms with E-state index in [1.807, 2.05) is 30.3 Å². The summed E-state index contributed by atoms with van der Waals surface area (Å²) in [5, 5.41) is 10.3. The van der Waals surface area contributed by atoms with Gasteiger partial charge in [0.25, 0.3) is 0 Å². The minimum atomic E-state index is -0.630. The molecule has 1 N–H and O–H groups in total. The third-order valence-corrected chi connectivity index (χ3v) is 4.32. The van der Waals surface area contributed by atoms with Crippen LogP contribution in [0.5, 0.6) is 0 Å². The van der Waals surface area contributed by atoms with Crippen LogP contribution in [0.4, 0.5) is 4.39 Å². The van der Waals surface area contributed by atoms with Crippen LogP contribution in [0, 0.1) is 5.82 Å². The molecule has 0 spiro atoms. The molecule has 3 heteroatoms. The van der Waals surface area contributed by atoms with Crippen LogP contribution in [0.3, 0.4) is 0 Å². The number of aliphatic hydroxyl groups excluding tert-OH is 1. The normalized spacial score (nSPS) is 12.7. The lowest BCUT2D eigenvalue weighted by molar-refractivity contribution is 0.178. The van der Waals surface area contributed by atoms with Crippen LogP contribution < -0.4 is 0 Å². The Hall–Kier alpha value is -1.19. The summed E-state index contributed by atoms with van der Waals surface area (Å²) in [5.41, 5.74) is 2.86. The molecule has 2 rings (SSSR count). The van der Waals surface area contributed by atoms with Crippen molar-refractivity contribution in [1.82, 2.24) is 0 Å². The molecular formula is C17H18BrFO. The Morgan fingerprint density at radius 1 is 1.05 bits per heavy atom. The van der Waals surface area contributed by atoms with E-state index in [1.54, 1.807) is 6.07 Å². The van der Waals surface area contributed by atoms with Gasteiger partial charge in [-0.1, -0.05) is 50.2 Å². The van der Waals surface area contributed by atoms with Gasteiger partial charge in [0.15, 0.2) is 0 Å². The molecule has 0 aliphatic rings. The molecule has 0 saturated heterocycles. The SMILES string of the molecule is CC(C)c1ccc(C(O)Cc2cccc(F)c2Br)cc1. The summed E-state index contributed by atoms with van der Waals surface area (Å²) in [5.74, 6) is 0.170. The highest BCUT2D eigenvalue weighted by Gasteiger charge is 2.13. The van der Waals surface area contributed by atoms with Crippen LogP contribution in [0.1, 0.15) is 42.6 Å². The Labute approximate surface area is 127 Å². The van der Waals surface area contributed by atoms with Crippen molar-refractivity contribution in [2.45, 2.75) is 32.3 Å². The maximum absolute atomic E-state index is 13.4. The zero-order chi connectivity index (χ0) is 14.7. The average Bonchev–Trinajstić information content (AvgIpc) is 2.44. The molecule has 0 radical (unpaired) electrons. The van der Waals surface area contributed by atoms with Crippen molar-refractivity contribution in [3.63, 3.8) is 0 Å². The van der Waals surface area contributed by atoms with Crippen LogP contribution in [-0.4, -0.2) is 5.11 Å². The summed E-state index contributed by atoms with van der Waals surface area (Å²) >= 11 is 3.23. The standard InChI is InChI=1S/C17H18BrFO/c1-11(2)12-6-8-13(9-7-12)16(20)10-14-4-3-5-15(19)17(14)18/h3-9,11,16,20H,10H2,1-2H3. The van der Waals surface area contributed by atoms with Gasteiger partial charge in [-0.15, -0.1) is 0 Å². The molecule has 0 saturated carbocycles. The number of halogens is 2. The fourth-order valence-corrected chi connectivity index (χ4v) is 2.56. The number of benzene rings is 2. The summed E-state index contributed by atoms with van der Waals surface area (Å²) in [7, 11) is 0. The molecule has 1 unspecified atom stereocenters. The van der Waals surface area contributed by atoms with Crippen LogP contribution in [0.25, 0.3) is 0 Å². The molecule has 0 fully saturated rings. The van der Waals surface area contributed by atoms with Crippen LogP contribution in [0.15, 0.2) is 46.9 Å². The minimum Gasteiger partial charge on any atom is -0.388 e. The molecule has 0 aromatic heterocycles. The predicted molar refractivity (Wildman–Crippen MR) is 83.3 cm³/mol. The molecule has 106 valence electrons. The second-order valence-corrected chi connectivity index (χ2v) is 6.05. The number of hydrogen-bond donors (Lipinski definition) is 1. The first-order chi connectivity index (χ1) is 9.49. The van der Waals surface area contributed by atoms with Crippen molar-refractivity contribution in [3.8, 4) is 0 Å². The highest BCUT2D eigenvalue weighted by Crippen LogP contribution is 2.26. The van der Waals surface area contributed by atoms with Gasteiger partial charge >= 0.3 is 0 Å². The summed E-state index contributed by atoms with van der Waals surface area (Å²) in [6, 6.07) is 12.8. The molecular weight excluding hydrogens is 319 g/mol. The van der Waals surface area contributed by atoms with E-state index in [0.717, 1.165) is 11.1 Å². The van der Waals surface area contributed by atoms with Gasteiger partial charge in [-0.3, -0.25) is 0 Å². The van der Waals surface area contributed by atoms with E-state index in [-0.39, 0.29) is 5.82 Å². The predicted octanol–water partition coefficient (Wildman–Crippen LogP) is 4.99. The van der Waals surface area contributed by atoms with E-state index in [4.69, 9.17) is 0 Å². The molecule has 0 amide bonds. The Balaban J connectivity index is 2.15. The monoisotopic (exact) mass is 336 g/mol. The van der Waals surface area contributed by atoms with E-state index < -0.39 is 6.10 Å². The van der Waals surface area contributed by atoms with Gasteiger partial charge in [-0.25, -0.2) is 4.39 Å². The first kappa shape index (κ1) is 15.2. The summed E-state index contributed by atoms with van der Waals surface area (Å²) in [6.07, 6.45) is -0.242. The van der Waals surface area contributed by atoms with Crippen molar-refractivity contribution in [3.05, 3.63) is 69.4 Å². The fraction of sp³-hybridized carbons (Fsp3) is 0.294.